The van der Waals surface area contributed by atoms with E-state index in [-0.39, 0.29) is 117 Å². The molecule has 0 spiro atoms. The van der Waals surface area contributed by atoms with Gasteiger partial charge >= 0.3 is 30.0 Å². The molecule has 0 unspecified atom stereocenters. The standard InChI is InChI=1S/C66H66N6O18/c73-38-89-58(26-27-59(79)80)72-66(88)70-53(64(85)86)25-21-45(74)32-42(29-39-11-4-1-5-12-39)61(81)67-28-10-17-48(77)37-68-62(82)43(30-40-13-6-2-7-14-40)33-55(78)54(31-41-15-8-3-9-16-41)71-65(87)69-44-18-22-49(52(34-44)63(83)84)60-50-23-19-46(75)35-56(50)90-57-36-47(76)20-24-51(57)60/h1-9,11-16,18-20,22-24,34-36,38,42-43,53-54,58,75H,10,17,21,25-33,37H2,(H,67,81)(H,68,82)(H,79,80)(H,83,84)(H,85,86)(H2,69,71,87)(H2,70,72,88)/t42-,43-,53+,54+,58-/m1/s1. The third-order valence-electron chi connectivity index (χ3n) is 14.6. The number of fused-ring (bicyclic) bond motifs is 2. The number of nitrogens with one attached hydrogen (secondary N) is 6. The molecule has 468 valence electrons. The van der Waals surface area contributed by atoms with Gasteiger partial charge in [0.15, 0.2) is 23.2 Å². The van der Waals surface area contributed by atoms with Crippen molar-refractivity contribution in [2.75, 3.05) is 18.4 Å². The number of hydrogen-bond donors (Lipinski definition) is 10. The van der Waals surface area contributed by atoms with Gasteiger partial charge in [0.1, 0.15) is 28.9 Å². The second-order valence-corrected chi connectivity index (χ2v) is 21.3. The molecule has 10 N–H and O–H groups in total. The van der Waals surface area contributed by atoms with Crippen LogP contribution in [-0.2, 0) is 62.4 Å². The number of carboxylic acid groups (broad SMARTS) is 3. The molecule has 0 aromatic heterocycles. The van der Waals surface area contributed by atoms with Crippen LogP contribution < -0.4 is 37.3 Å². The lowest BCUT2D eigenvalue weighted by Gasteiger charge is -2.22. The number of ether oxygens (including phenoxy) is 1. The van der Waals surface area contributed by atoms with Crippen LogP contribution in [0.25, 0.3) is 33.4 Å². The van der Waals surface area contributed by atoms with Gasteiger partial charge in [-0.25, -0.2) is 19.2 Å². The summed E-state index contributed by atoms with van der Waals surface area (Å²) in [6.07, 6.45) is -3.36. The van der Waals surface area contributed by atoms with Crippen LogP contribution in [0.3, 0.4) is 0 Å². The molecule has 2 aliphatic rings. The average Bonchev–Trinajstić information content (AvgIpc) is 0.771. The first-order valence-corrected chi connectivity index (χ1v) is 28.7. The highest BCUT2D eigenvalue weighted by atomic mass is 16.5. The average molecular weight is 1230 g/mol. The Morgan fingerprint density at radius 1 is 0.578 bits per heavy atom. The van der Waals surface area contributed by atoms with Gasteiger partial charge in [-0.2, -0.15) is 0 Å². The Labute approximate surface area is 514 Å². The summed E-state index contributed by atoms with van der Waals surface area (Å²) in [4.78, 5) is 154. The summed E-state index contributed by atoms with van der Waals surface area (Å²) >= 11 is 0. The molecule has 24 nitrogen and oxygen atoms in total. The van der Waals surface area contributed by atoms with Crippen LogP contribution >= 0.6 is 0 Å². The van der Waals surface area contributed by atoms with E-state index in [9.17, 15) is 72.9 Å². The Balaban J connectivity index is 0.962. The summed E-state index contributed by atoms with van der Waals surface area (Å²) in [5.41, 5.74) is 2.73. The summed E-state index contributed by atoms with van der Waals surface area (Å²) in [6, 6.07) is 34.2. The Bertz CT molecular complexity index is 3770. The number of benzene rings is 6. The fraction of sp³-hybridized carbons (Fsp3) is 0.273. The van der Waals surface area contributed by atoms with Gasteiger partial charge in [0.25, 0.3) is 6.47 Å². The molecule has 7 rings (SSSR count). The minimum absolute atomic E-state index is 0.0000760. The molecule has 1 aliphatic carbocycles. The number of amides is 6. The molecule has 90 heavy (non-hydrogen) atoms. The Kier molecular flexibility index (Phi) is 24.1. The molecule has 5 atom stereocenters. The minimum Gasteiger partial charge on any atom is -0.508 e. The van der Waals surface area contributed by atoms with E-state index >= 15 is 0 Å². The van der Waals surface area contributed by atoms with E-state index in [1.807, 2.05) is 0 Å². The first kappa shape index (κ1) is 66.5. The van der Waals surface area contributed by atoms with Gasteiger partial charge in [0.05, 0.1) is 24.6 Å². The predicted octanol–water partition coefficient (Wildman–Crippen LogP) is 6.82. The fourth-order valence-electron chi connectivity index (χ4n) is 10.1. The van der Waals surface area contributed by atoms with Crippen molar-refractivity contribution in [1.82, 2.24) is 26.6 Å². The number of hydrogen-bond acceptors (Lipinski definition) is 15. The SMILES string of the molecule is O=CO[C@H](CCC(=O)O)NC(=O)N[C@@H](CCC(=O)C[C@@H](Cc1ccccc1)C(=O)NCCCC(=O)CNC(=O)[C@@H](CC(=O)[C@H](Cc1ccccc1)NC(=O)Nc1ccc(-c2c3ccc(=O)cc-3oc3cc(O)ccc23)c(C(=O)O)c1)Cc1ccccc1)C(=O)O. The molecule has 6 amide bonds. The van der Waals surface area contributed by atoms with E-state index in [1.54, 1.807) is 97.1 Å². The van der Waals surface area contributed by atoms with Crippen molar-refractivity contribution < 1.29 is 82.3 Å². The smallest absolute Gasteiger partial charge is 0.336 e. The van der Waals surface area contributed by atoms with Gasteiger partial charge in [-0.15, -0.1) is 0 Å². The quantitative estimate of drug-likeness (QED) is 0.00856. The number of rotatable bonds is 34. The van der Waals surface area contributed by atoms with Crippen molar-refractivity contribution in [3.63, 3.8) is 0 Å². The molecule has 0 saturated carbocycles. The number of anilines is 1. The largest absolute Gasteiger partial charge is 0.508 e. The van der Waals surface area contributed by atoms with Crippen molar-refractivity contribution in [3.05, 3.63) is 178 Å². The lowest BCUT2D eigenvalue weighted by Crippen LogP contribution is -2.49. The number of phenolic OH excluding ortho intramolecular Hbond substituents is 1. The normalized spacial score (nSPS) is 12.6. The van der Waals surface area contributed by atoms with Crippen LogP contribution in [0.2, 0.25) is 0 Å². The van der Waals surface area contributed by atoms with E-state index in [4.69, 9.17) is 9.52 Å². The minimum atomic E-state index is -1.59. The zero-order valence-corrected chi connectivity index (χ0v) is 48.5. The van der Waals surface area contributed by atoms with Gasteiger partial charge in [-0.05, 0) is 90.8 Å². The van der Waals surface area contributed by atoms with Crippen LogP contribution in [0, 0.1) is 11.8 Å². The van der Waals surface area contributed by atoms with Gasteiger partial charge in [-0.1, -0.05) is 97.1 Å². The lowest BCUT2D eigenvalue weighted by atomic mass is 9.89. The van der Waals surface area contributed by atoms with Crippen molar-refractivity contribution >= 4 is 82.3 Å². The molecule has 5 aromatic rings. The monoisotopic (exact) mass is 1230 g/mol. The predicted molar refractivity (Wildman–Crippen MR) is 326 cm³/mol. The van der Waals surface area contributed by atoms with E-state index in [2.05, 4.69) is 36.6 Å². The topological polar surface area (TPSA) is 380 Å². The number of aliphatic carboxylic acids is 2. The highest BCUT2D eigenvalue weighted by Crippen LogP contribution is 2.42. The summed E-state index contributed by atoms with van der Waals surface area (Å²) in [6.45, 7) is -0.440. The number of aromatic hydroxyl groups is 1. The lowest BCUT2D eigenvalue weighted by molar-refractivity contribution is -0.141. The third-order valence-corrected chi connectivity index (χ3v) is 14.6. The first-order valence-electron chi connectivity index (χ1n) is 28.7. The van der Waals surface area contributed by atoms with Crippen LogP contribution in [0.15, 0.2) is 155 Å². The Hall–Kier alpha value is -11.0. The first-order chi connectivity index (χ1) is 43.2. The summed E-state index contributed by atoms with van der Waals surface area (Å²) in [5, 5.41) is 55.0. The zero-order valence-electron chi connectivity index (χ0n) is 48.5. The molecule has 0 bridgehead atoms. The highest BCUT2D eigenvalue weighted by Gasteiger charge is 2.31. The molecular weight excluding hydrogens is 1160 g/mol. The second-order valence-electron chi connectivity index (χ2n) is 21.3. The van der Waals surface area contributed by atoms with Crippen molar-refractivity contribution in [3.8, 4) is 28.2 Å². The molecular formula is C66H66N6O18. The van der Waals surface area contributed by atoms with Crippen molar-refractivity contribution in [2.24, 2.45) is 11.8 Å². The molecule has 0 fully saturated rings. The van der Waals surface area contributed by atoms with E-state index < -0.39 is 102 Å². The van der Waals surface area contributed by atoms with Gasteiger partial charge in [0, 0.05) is 84.8 Å². The number of ketones is 3. The van der Waals surface area contributed by atoms with E-state index in [1.165, 1.54) is 48.5 Å². The van der Waals surface area contributed by atoms with Crippen LogP contribution in [0.5, 0.6) is 5.75 Å². The number of urea groups is 2. The number of carbonyl (C=O) groups is 11. The van der Waals surface area contributed by atoms with Gasteiger partial charge in [-0.3, -0.25) is 38.4 Å². The van der Waals surface area contributed by atoms with Crippen molar-refractivity contribution in [2.45, 2.75) is 88.9 Å². The van der Waals surface area contributed by atoms with Crippen molar-refractivity contribution in [1.29, 1.82) is 0 Å². The molecule has 0 saturated heterocycles. The van der Waals surface area contributed by atoms with Crippen LogP contribution in [0.4, 0.5) is 15.3 Å². The highest BCUT2D eigenvalue weighted by molar-refractivity contribution is 6.08. The molecule has 0 radical (unpaired) electrons. The summed E-state index contributed by atoms with van der Waals surface area (Å²) in [7, 11) is 0. The third kappa shape index (κ3) is 20.0. The molecule has 24 heteroatoms. The van der Waals surface area contributed by atoms with Crippen LogP contribution in [-0.4, -0.2) is 117 Å². The fourth-order valence-corrected chi connectivity index (χ4v) is 10.1. The van der Waals surface area contributed by atoms with Gasteiger partial charge < -0.3 is 61.5 Å². The maximum Gasteiger partial charge on any atom is 0.336 e. The maximum atomic E-state index is 14.5. The molecule has 1 aliphatic heterocycles. The Morgan fingerprint density at radius 2 is 1.19 bits per heavy atom. The summed E-state index contributed by atoms with van der Waals surface area (Å²) < 4.78 is 10.6. The van der Waals surface area contributed by atoms with Gasteiger partial charge in [0.2, 0.25) is 11.8 Å². The molecule has 1 heterocycles. The number of phenols is 1. The zero-order chi connectivity index (χ0) is 64.7. The number of aromatic carboxylic acids is 1. The number of Topliss-reactive ketones (excluding diaryl/α,β-unsaturated/α-hetero) is 3. The van der Waals surface area contributed by atoms with E-state index in [0.717, 1.165) is 5.56 Å². The van der Waals surface area contributed by atoms with E-state index in [0.29, 0.717) is 27.6 Å². The Morgan fingerprint density at radius 3 is 1.81 bits per heavy atom. The summed E-state index contributed by atoms with van der Waals surface area (Å²) in [5.74, 6) is -8.60. The number of carboxylic acids is 3. The van der Waals surface area contributed by atoms with Crippen LogP contribution in [0.1, 0.15) is 78.4 Å². The number of carbonyl (C=O) groups excluding carboxylic acids is 8. The maximum absolute atomic E-state index is 14.5. The molecule has 5 aromatic carbocycles. The second kappa shape index (κ2) is 32.6.